The first-order chi connectivity index (χ1) is 9.16. The first-order valence-corrected chi connectivity index (χ1v) is 5.53. The van der Waals surface area contributed by atoms with E-state index in [4.69, 9.17) is 0 Å². The number of aromatic amines is 1. The number of aromatic nitrogens is 2. The minimum atomic E-state index is -0.842. The Hall–Kier alpha value is -2.76. The van der Waals surface area contributed by atoms with Crippen LogP contribution >= 0.6 is 0 Å². The number of nitro groups is 1. The predicted octanol–water partition coefficient (Wildman–Crippen LogP) is 3.28. The maximum Gasteiger partial charge on any atom is 0.305 e. The fraction of sp³-hybridized carbons (Fsp3) is 0. The Morgan fingerprint density at radius 1 is 1.26 bits per heavy atom. The van der Waals surface area contributed by atoms with Crippen LogP contribution in [-0.2, 0) is 0 Å². The third-order valence-electron chi connectivity index (χ3n) is 2.93. The molecule has 0 saturated carbocycles. The maximum atomic E-state index is 13.3. The van der Waals surface area contributed by atoms with E-state index in [0.717, 1.165) is 22.5 Å². The Kier molecular flexibility index (Phi) is 2.49. The van der Waals surface area contributed by atoms with Crippen molar-refractivity contribution < 1.29 is 9.31 Å². The topological polar surface area (TPSA) is 71.8 Å². The van der Waals surface area contributed by atoms with E-state index < -0.39 is 16.4 Å². The van der Waals surface area contributed by atoms with Gasteiger partial charge in [0, 0.05) is 17.0 Å². The minimum absolute atomic E-state index is 0.533. The number of fused-ring (bicyclic) bond motifs is 1. The van der Waals surface area contributed by atoms with Crippen LogP contribution in [0.25, 0.3) is 22.0 Å². The molecule has 0 saturated heterocycles. The average Bonchev–Trinajstić information content (AvgIpc) is 2.87. The molecule has 0 aliphatic rings. The van der Waals surface area contributed by atoms with Gasteiger partial charge in [0.05, 0.1) is 16.6 Å². The minimum Gasteiger partial charge on any atom is -0.277 e. The number of nitrogens with zero attached hydrogens (tertiary/aromatic N) is 2. The smallest absolute Gasteiger partial charge is 0.277 e. The second-order valence-electron chi connectivity index (χ2n) is 4.06. The van der Waals surface area contributed by atoms with Gasteiger partial charge in [-0.3, -0.25) is 15.2 Å². The molecular formula is C13H8FN3O2. The molecule has 0 radical (unpaired) electrons. The van der Waals surface area contributed by atoms with E-state index in [1.807, 2.05) is 12.1 Å². The summed E-state index contributed by atoms with van der Waals surface area (Å²) in [7, 11) is 0. The third-order valence-corrected chi connectivity index (χ3v) is 2.93. The van der Waals surface area contributed by atoms with Gasteiger partial charge in [0.2, 0.25) is 5.82 Å². The van der Waals surface area contributed by atoms with Crippen molar-refractivity contribution in [3.63, 3.8) is 0 Å². The van der Waals surface area contributed by atoms with Crippen molar-refractivity contribution in [2.75, 3.05) is 0 Å². The SMILES string of the molecule is O=[N+]([O-])c1cc(-c2cccc3cn[nH]c23)ccc1F. The second kappa shape index (κ2) is 4.16. The molecule has 0 spiro atoms. The molecule has 0 aliphatic carbocycles. The lowest BCUT2D eigenvalue weighted by molar-refractivity contribution is -0.387. The molecule has 3 rings (SSSR count). The highest BCUT2D eigenvalue weighted by molar-refractivity contribution is 5.93. The number of nitrogens with one attached hydrogen (secondary N) is 1. The number of halogens is 1. The molecule has 0 amide bonds. The van der Waals surface area contributed by atoms with Crippen LogP contribution in [0.15, 0.2) is 42.6 Å². The Balaban J connectivity index is 2.24. The molecule has 0 bridgehead atoms. The van der Waals surface area contributed by atoms with E-state index in [1.165, 1.54) is 12.1 Å². The van der Waals surface area contributed by atoms with Gasteiger partial charge in [-0.05, 0) is 11.6 Å². The van der Waals surface area contributed by atoms with Crippen LogP contribution in [0.5, 0.6) is 0 Å². The molecule has 2 aromatic carbocycles. The summed E-state index contributed by atoms with van der Waals surface area (Å²) in [6.45, 7) is 0. The van der Waals surface area contributed by atoms with E-state index in [0.29, 0.717) is 5.56 Å². The fourth-order valence-corrected chi connectivity index (χ4v) is 2.03. The van der Waals surface area contributed by atoms with Crippen molar-refractivity contribution in [3.8, 4) is 11.1 Å². The number of hydrogen-bond donors (Lipinski definition) is 1. The number of rotatable bonds is 2. The number of hydrogen-bond acceptors (Lipinski definition) is 3. The Morgan fingerprint density at radius 2 is 2.11 bits per heavy atom. The van der Waals surface area contributed by atoms with Crippen molar-refractivity contribution in [1.82, 2.24) is 10.2 Å². The van der Waals surface area contributed by atoms with Crippen LogP contribution in [0.1, 0.15) is 0 Å². The summed E-state index contributed by atoms with van der Waals surface area (Å²) < 4.78 is 13.3. The van der Waals surface area contributed by atoms with Crippen molar-refractivity contribution in [1.29, 1.82) is 0 Å². The van der Waals surface area contributed by atoms with Crippen LogP contribution in [-0.4, -0.2) is 15.1 Å². The highest BCUT2D eigenvalue weighted by atomic mass is 19.1. The largest absolute Gasteiger partial charge is 0.305 e. The van der Waals surface area contributed by atoms with Gasteiger partial charge in [-0.1, -0.05) is 24.3 Å². The van der Waals surface area contributed by atoms with Gasteiger partial charge < -0.3 is 0 Å². The maximum absolute atomic E-state index is 13.3. The quantitative estimate of drug-likeness (QED) is 0.565. The molecule has 1 aromatic heterocycles. The van der Waals surface area contributed by atoms with E-state index in [9.17, 15) is 14.5 Å². The number of benzene rings is 2. The highest BCUT2D eigenvalue weighted by Crippen LogP contribution is 2.30. The summed E-state index contributed by atoms with van der Waals surface area (Å²) in [5.41, 5.74) is 1.55. The lowest BCUT2D eigenvalue weighted by atomic mass is 10.0. The van der Waals surface area contributed by atoms with Crippen LogP contribution in [0.2, 0.25) is 0 Å². The van der Waals surface area contributed by atoms with E-state index >= 15 is 0 Å². The van der Waals surface area contributed by atoms with Crippen LogP contribution < -0.4 is 0 Å². The average molecular weight is 257 g/mol. The molecular weight excluding hydrogens is 249 g/mol. The lowest BCUT2D eigenvalue weighted by Crippen LogP contribution is -1.93. The van der Waals surface area contributed by atoms with Crippen molar-refractivity contribution in [3.05, 3.63) is 58.5 Å². The van der Waals surface area contributed by atoms with Gasteiger partial charge in [-0.25, -0.2) is 0 Å². The van der Waals surface area contributed by atoms with Crippen LogP contribution in [0.4, 0.5) is 10.1 Å². The summed E-state index contributed by atoms with van der Waals surface area (Å²) in [6, 6.07) is 9.34. The van der Waals surface area contributed by atoms with Gasteiger partial charge in [0.15, 0.2) is 0 Å². The summed E-state index contributed by atoms with van der Waals surface area (Å²) in [4.78, 5) is 10.0. The van der Waals surface area contributed by atoms with Gasteiger partial charge in [0.1, 0.15) is 0 Å². The molecule has 5 nitrogen and oxygen atoms in total. The zero-order valence-corrected chi connectivity index (χ0v) is 9.63. The molecule has 19 heavy (non-hydrogen) atoms. The van der Waals surface area contributed by atoms with Gasteiger partial charge in [-0.2, -0.15) is 9.49 Å². The number of para-hydroxylation sites is 1. The predicted molar refractivity (Wildman–Crippen MR) is 68.1 cm³/mol. The van der Waals surface area contributed by atoms with Gasteiger partial charge in [0.25, 0.3) is 0 Å². The molecule has 0 unspecified atom stereocenters. The van der Waals surface area contributed by atoms with E-state index in [2.05, 4.69) is 10.2 Å². The van der Waals surface area contributed by atoms with Crippen LogP contribution in [0, 0.1) is 15.9 Å². The van der Waals surface area contributed by atoms with Crippen molar-refractivity contribution in [2.45, 2.75) is 0 Å². The standard InChI is InChI=1S/C13H8FN3O2/c14-11-5-4-8(6-12(11)17(18)19)10-3-1-2-9-7-15-16-13(9)10/h1-7H,(H,15,16). The van der Waals surface area contributed by atoms with Gasteiger partial charge >= 0.3 is 5.69 Å². The normalized spacial score (nSPS) is 10.8. The fourth-order valence-electron chi connectivity index (χ4n) is 2.03. The number of nitro benzene ring substituents is 1. The van der Waals surface area contributed by atoms with Gasteiger partial charge in [-0.15, -0.1) is 0 Å². The van der Waals surface area contributed by atoms with E-state index in [-0.39, 0.29) is 0 Å². The molecule has 0 atom stereocenters. The Bertz CT molecular complexity index is 782. The first kappa shape index (κ1) is 11.3. The molecule has 94 valence electrons. The summed E-state index contributed by atoms with van der Waals surface area (Å²) >= 11 is 0. The van der Waals surface area contributed by atoms with E-state index in [1.54, 1.807) is 12.3 Å². The highest BCUT2D eigenvalue weighted by Gasteiger charge is 2.16. The third kappa shape index (κ3) is 1.83. The summed E-state index contributed by atoms with van der Waals surface area (Å²) in [6.07, 6.45) is 1.66. The van der Waals surface area contributed by atoms with Crippen LogP contribution in [0.3, 0.4) is 0 Å². The molecule has 0 aliphatic heterocycles. The molecule has 1 N–H and O–H groups in total. The first-order valence-electron chi connectivity index (χ1n) is 5.53. The molecule has 3 aromatic rings. The van der Waals surface area contributed by atoms with Crippen molar-refractivity contribution >= 4 is 16.6 Å². The zero-order valence-electron chi connectivity index (χ0n) is 9.63. The second-order valence-corrected chi connectivity index (χ2v) is 4.06. The number of H-pyrrole nitrogens is 1. The summed E-state index contributed by atoms with van der Waals surface area (Å²) in [5, 5.41) is 18.4. The molecule has 6 heteroatoms. The molecule has 1 heterocycles. The lowest BCUT2D eigenvalue weighted by Gasteiger charge is -2.03. The zero-order chi connectivity index (χ0) is 13.4. The molecule has 0 fully saturated rings. The van der Waals surface area contributed by atoms with Crippen molar-refractivity contribution in [2.24, 2.45) is 0 Å². The Morgan fingerprint density at radius 3 is 2.89 bits per heavy atom. The monoisotopic (exact) mass is 257 g/mol. The Labute approximate surface area is 106 Å². The summed E-state index contributed by atoms with van der Waals surface area (Å²) in [5.74, 6) is -0.842.